The number of carboxylic acids is 2. The maximum atomic E-state index is 12.5. The number of hydrogen-bond donors (Lipinski definition) is 2. The highest BCUT2D eigenvalue weighted by Gasteiger charge is 2.65. The number of carboxylic acid groups (broad SMARTS) is 2. The molecular formula is C16H24O6. The molecular weight excluding hydrogens is 288 g/mol. The number of hydrogen-bond acceptors (Lipinski definition) is 4. The number of Topliss-reactive ketones (excluding diaryl/α,β-unsaturated/α-hetero) is 2. The van der Waals surface area contributed by atoms with Gasteiger partial charge in [0.15, 0.2) is 0 Å². The summed E-state index contributed by atoms with van der Waals surface area (Å²) in [6, 6.07) is 0. The van der Waals surface area contributed by atoms with E-state index in [0.29, 0.717) is 0 Å². The molecule has 1 fully saturated rings. The van der Waals surface area contributed by atoms with Gasteiger partial charge in [-0.3, -0.25) is 19.2 Å². The van der Waals surface area contributed by atoms with Gasteiger partial charge < -0.3 is 10.2 Å². The van der Waals surface area contributed by atoms with Crippen molar-refractivity contribution in [2.45, 2.75) is 41.5 Å². The first kappa shape index (κ1) is 18.3. The summed E-state index contributed by atoms with van der Waals surface area (Å²) in [5, 5.41) is 18.8. The minimum absolute atomic E-state index is 0.426. The SMILES string of the molecule is CC(C)(C)C(=O)C1C(C(=O)O)C(C(=O)C(C)(C)C)C1C(=O)O. The summed E-state index contributed by atoms with van der Waals surface area (Å²) in [7, 11) is 0. The quantitative estimate of drug-likeness (QED) is 0.820. The molecule has 0 amide bonds. The molecule has 0 unspecified atom stereocenters. The third-order valence-electron chi connectivity index (χ3n) is 4.20. The lowest BCUT2D eigenvalue weighted by Crippen LogP contribution is -2.62. The van der Waals surface area contributed by atoms with Crippen LogP contribution in [0.1, 0.15) is 41.5 Å². The number of carbonyl (C=O) groups is 4. The zero-order valence-electron chi connectivity index (χ0n) is 13.8. The first-order valence-electron chi connectivity index (χ1n) is 7.25. The topological polar surface area (TPSA) is 109 Å². The van der Waals surface area contributed by atoms with Gasteiger partial charge in [-0.2, -0.15) is 0 Å². The predicted octanol–water partition coefficient (Wildman–Crippen LogP) is 1.86. The van der Waals surface area contributed by atoms with Gasteiger partial charge in [0.2, 0.25) is 0 Å². The molecule has 0 radical (unpaired) electrons. The van der Waals surface area contributed by atoms with Crippen LogP contribution < -0.4 is 0 Å². The van der Waals surface area contributed by atoms with Crippen molar-refractivity contribution >= 4 is 23.5 Å². The normalized spacial score (nSPS) is 28.6. The minimum Gasteiger partial charge on any atom is -0.481 e. The van der Waals surface area contributed by atoms with Gasteiger partial charge in [-0.1, -0.05) is 41.5 Å². The minimum atomic E-state index is -1.29. The monoisotopic (exact) mass is 312 g/mol. The van der Waals surface area contributed by atoms with Crippen LogP contribution in [0.3, 0.4) is 0 Å². The molecule has 124 valence electrons. The Labute approximate surface area is 129 Å². The maximum Gasteiger partial charge on any atom is 0.308 e. The summed E-state index contributed by atoms with van der Waals surface area (Å²) in [4.78, 5) is 48.0. The van der Waals surface area contributed by atoms with Crippen LogP contribution >= 0.6 is 0 Å². The Bertz CT molecular complexity index is 464. The molecule has 0 saturated heterocycles. The second-order valence-electron chi connectivity index (χ2n) is 8.01. The Morgan fingerprint density at radius 3 is 0.955 bits per heavy atom. The molecule has 1 aliphatic carbocycles. The van der Waals surface area contributed by atoms with Crippen molar-refractivity contribution in [2.75, 3.05) is 0 Å². The molecule has 0 aromatic heterocycles. The van der Waals surface area contributed by atoms with Crippen LogP contribution in [0.2, 0.25) is 0 Å². The summed E-state index contributed by atoms with van der Waals surface area (Å²) in [6.07, 6.45) is 0. The Kier molecular flexibility index (Phi) is 4.57. The van der Waals surface area contributed by atoms with E-state index >= 15 is 0 Å². The van der Waals surface area contributed by atoms with E-state index in [9.17, 15) is 29.4 Å². The second-order valence-corrected chi connectivity index (χ2v) is 8.01. The average Bonchev–Trinajstić information content (AvgIpc) is 2.23. The summed E-state index contributed by atoms with van der Waals surface area (Å²) in [5.41, 5.74) is -1.72. The van der Waals surface area contributed by atoms with E-state index in [1.54, 1.807) is 41.5 Å². The molecule has 1 aliphatic rings. The number of rotatable bonds is 4. The molecule has 0 atom stereocenters. The fraction of sp³-hybridized carbons (Fsp3) is 0.750. The van der Waals surface area contributed by atoms with Crippen molar-refractivity contribution in [1.82, 2.24) is 0 Å². The van der Waals surface area contributed by atoms with Crippen molar-refractivity contribution in [3.63, 3.8) is 0 Å². The van der Waals surface area contributed by atoms with Gasteiger partial charge in [-0.15, -0.1) is 0 Å². The van der Waals surface area contributed by atoms with Crippen LogP contribution in [0, 0.1) is 34.5 Å². The van der Waals surface area contributed by atoms with E-state index in [2.05, 4.69) is 0 Å². The van der Waals surface area contributed by atoms with Crippen molar-refractivity contribution in [1.29, 1.82) is 0 Å². The fourth-order valence-corrected chi connectivity index (χ4v) is 3.01. The molecule has 6 heteroatoms. The standard InChI is InChI=1S/C16H24O6/c1-15(2,3)11(17)7-9(13(19)20)8(10(7)14(21)22)12(18)16(4,5)6/h7-10H,1-6H3,(H,19,20)(H,21,22). The molecule has 2 N–H and O–H groups in total. The molecule has 0 bridgehead atoms. The van der Waals surface area contributed by atoms with Gasteiger partial charge in [0.1, 0.15) is 11.6 Å². The van der Waals surface area contributed by atoms with Crippen molar-refractivity contribution in [3.8, 4) is 0 Å². The highest BCUT2D eigenvalue weighted by atomic mass is 16.4. The van der Waals surface area contributed by atoms with Crippen LogP contribution in [0.15, 0.2) is 0 Å². The van der Waals surface area contributed by atoms with Gasteiger partial charge in [0, 0.05) is 22.7 Å². The predicted molar refractivity (Wildman–Crippen MR) is 78.2 cm³/mol. The lowest BCUT2D eigenvalue weighted by molar-refractivity contribution is -0.184. The lowest BCUT2D eigenvalue weighted by Gasteiger charge is -2.49. The summed E-state index contributed by atoms with van der Waals surface area (Å²) >= 11 is 0. The van der Waals surface area contributed by atoms with Gasteiger partial charge in [-0.05, 0) is 0 Å². The van der Waals surface area contributed by atoms with Gasteiger partial charge >= 0.3 is 11.9 Å². The Morgan fingerprint density at radius 1 is 0.591 bits per heavy atom. The second kappa shape index (κ2) is 5.48. The molecule has 22 heavy (non-hydrogen) atoms. The average molecular weight is 312 g/mol. The third kappa shape index (κ3) is 3.05. The summed E-state index contributed by atoms with van der Waals surface area (Å²) in [6.45, 7) is 9.70. The molecule has 0 aromatic carbocycles. The molecule has 1 saturated carbocycles. The van der Waals surface area contributed by atoms with Crippen LogP contribution in [-0.2, 0) is 19.2 Å². The van der Waals surface area contributed by atoms with Gasteiger partial charge in [0.05, 0.1) is 11.8 Å². The first-order valence-corrected chi connectivity index (χ1v) is 7.25. The van der Waals surface area contributed by atoms with E-state index in [1.807, 2.05) is 0 Å². The van der Waals surface area contributed by atoms with E-state index in [-0.39, 0.29) is 0 Å². The number of carbonyl (C=O) groups excluding carboxylic acids is 2. The molecule has 0 heterocycles. The molecule has 0 spiro atoms. The molecule has 6 nitrogen and oxygen atoms in total. The number of ketones is 2. The zero-order valence-corrected chi connectivity index (χ0v) is 13.8. The van der Waals surface area contributed by atoms with Crippen LogP contribution in [0.25, 0.3) is 0 Å². The molecule has 0 aromatic rings. The fourth-order valence-electron chi connectivity index (χ4n) is 3.01. The zero-order chi connectivity index (χ0) is 17.6. The van der Waals surface area contributed by atoms with E-state index in [4.69, 9.17) is 0 Å². The van der Waals surface area contributed by atoms with Crippen molar-refractivity contribution in [3.05, 3.63) is 0 Å². The van der Waals surface area contributed by atoms with E-state index < -0.39 is 58.0 Å². The van der Waals surface area contributed by atoms with Crippen LogP contribution in [-0.4, -0.2) is 33.7 Å². The van der Waals surface area contributed by atoms with Crippen molar-refractivity contribution < 1.29 is 29.4 Å². The molecule has 0 aliphatic heterocycles. The Balaban J connectivity index is 3.31. The maximum absolute atomic E-state index is 12.5. The third-order valence-corrected chi connectivity index (χ3v) is 4.20. The van der Waals surface area contributed by atoms with Crippen LogP contribution in [0.4, 0.5) is 0 Å². The van der Waals surface area contributed by atoms with E-state index in [1.165, 1.54) is 0 Å². The molecule has 1 rings (SSSR count). The smallest absolute Gasteiger partial charge is 0.308 e. The largest absolute Gasteiger partial charge is 0.481 e. The number of aliphatic carboxylic acids is 2. The summed E-state index contributed by atoms with van der Waals surface area (Å²) < 4.78 is 0. The van der Waals surface area contributed by atoms with Gasteiger partial charge in [0.25, 0.3) is 0 Å². The van der Waals surface area contributed by atoms with Crippen LogP contribution in [0.5, 0.6) is 0 Å². The first-order chi connectivity index (χ1) is 9.71. The van der Waals surface area contributed by atoms with Crippen molar-refractivity contribution in [2.24, 2.45) is 34.5 Å². The van der Waals surface area contributed by atoms with Gasteiger partial charge in [-0.25, -0.2) is 0 Å². The lowest BCUT2D eigenvalue weighted by atomic mass is 9.50. The summed E-state index contributed by atoms with van der Waals surface area (Å²) in [5.74, 6) is -8.28. The Morgan fingerprint density at radius 2 is 0.818 bits per heavy atom. The Hall–Kier alpha value is -1.72. The van der Waals surface area contributed by atoms with E-state index in [0.717, 1.165) is 0 Å². The highest BCUT2D eigenvalue weighted by Crippen LogP contribution is 2.51. The highest BCUT2D eigenvalue weighted by molar-refractivity contribution is 6.03.